The second-order valence-electron chi connectivity index (χ2n) is 6.08. The third-order valence-electron chi connectivity index (χ3n) is 4.14. The lowest BCUT2D eigenvalue weighted by molar-refractivity contribution is 0.0252. The van der Waals surface area contributed by atoms with Crippen LogP contribution in [0.15, 0.2) is 30.3 Å². The molecule has 0 saturated heterocycles. The number of ether oxygens (including phenoxy) is 1. The van der Waals surface area contributed by atoms with E-state index < -0.39 is 0 Å². The molecule has 2 rings (SSSR count). The highest BCUT2D eigenvalue weighted by Gasteiger charge is 2.31. The smallest absolute Gasteiger partial charge is 0.115 e. The fraction of sp³-hybridized carbons (Fsp3) is 0.556. The molecule has 0 aliphatic heterocycles. The third kappa shape index (κ3) is 4.03. The molecule has 3 unspecified atom stereocenters. The molecule has 1 saturated carbocycles. The zero-order chi connectivity index (χ0) is 13.7. The van der Waals surface area contributed by atoms with Gasteiger partial charge in [0, 0.05) is 5.56 Å². The summed E-state index contributed by atoms with van der Waals surface area (Å²) < 4.78 is 5.87. The highest BCUT2D eigenvalue weighted by atomic mass is 16.5. The highest BCUT2D eigenvalue weighted by molar-refractivity contribution is 5.32. The zero-order valence-electron chi connectivity index (χ0n) is 12.2. The predicted octanol–water partition coefficient (Wildman–Crippen LogP) is 4.47. The molecule has 1 aromatic carbocycles. The van der Waals surface area contributed by atoms with Gasteiger partial charge in [-0.15, -0.1) is 0 Å². The summed E-state index contributed by atoms with van der Waals surface area (Å²) in [4.78, 5) is 0. The van der Waals surface area contributed by atoms with Gasteiger partial charge in [-0.3, -0.25) is 0 Å². The second-order valence-corrected chi connectivity index (χ2v) is 6.08. The highest BCUT2D eigenvalue weighted by Crippen LogP contribution is 2.35. The average molecular weight is 256 g/mol. The minimum Gasteiger partial charge on any atom is -0.443 e. The van der Waals surface area contributed by atoms with Gasteiger partial charge in [-0.1, -0.05) is 45.4 Å². The lowest BCUT2D eigenvalue weighted by Gasteiger charge is -2.35. The van der Waals surface area contributed by atoms with Crippen LogP contribution in [0.25, 0.3) is 0 Å². The third-order valence-corrected chi connectivity index (χ3v) is 4.14. The van der Waals surface area contributed by atoms with Gasteiger partial charge in [0.05, 0.1) is 0 Å². The standard InChI is InChI=1S/C18H24O/c1-14(2)17-10-9-15(3)13-18(17)19-12-11-16-7-5-4-6-8-16/h4-8,14-15,17-18H,9-10,13H2,1-3H3. The first-order valence-electron chi connectivity index (χ1n) is 7.38. The van der Waals surface area contributed by atoms with Crippen LogP contribution in [-0.4, -0.2) is 6.10 Å². The van der Waals surface area contributed by atoms with Gasteiger partial charge in [-0.05, 0) is 48.6 Å². The van der Waals surface area contributed by atoms with E-state index >= 15 is 0 Å². The van der Waals surface area contributed by atoms with E-state index in [-0.39, 0.29) is 0 Å². The van der Waals surface area contributed by atoms with Gasteiger partial charge < -0.3 is 4.74 Å². The van der Waals surface area contributed by atoms with Gasteiger partial charge in [0.25, 0.3) is 0 Å². The largest absolute Gasteiger partial charge is 0.443 e. The molecule has 1 nitrogen and oxygen atoms in total. The average Bonchev–Trinajstić information content (AvgIpc) is 2.39. The summed E-state index contributed by atoms with van der Waals surface area (Å²) in [7, 11) is 0. The normalized spacial score (nSPS) is 26.6. The quantitative estimate of drug-likeness (QED) is 0.709. The number of rotatable bonds is 2. The van der Waals surface area contributed by atoms with E-state index in [1.807, 2.05) is 30.3 Å². The van der Waals surface area contributed by atoms with Crippen molar-refractivity contribution in [3.63, 3.8) is 0 Å². The van der Waals surface area contributed by atoms with E-state index in [0.29, 0.717) is 17.9 Å². The molecule has 0 radical (unpaired) electrons. The Hall–Kier alpha value is -1.42. The predicted molar refractivity (Wildman–Crippen MR) is 79.5 cm³/mol. The molecule has 0 N–H and O–H groups in total. The van der Waals surface area contributed by atoms with Crippen LogP contribution in [0.1, 0.15) is 45.6 Å². The van der Waals surface area contributed by atoms with Gasteiger partial charge in [0.15, 0.2) is 0 Å². The monoisotopic (exact) mass is 256 g/mol. The van der Waals surface area contributed by atoms with E-state index in [0.717, 1.165) is 17.9 Å². The second kappa shape index (κ2) is 6.66. The minimum atomic E-state index is 0.306. The van der Waals surface area contributed by atoms with Crippen molar-refractivity contribution in [2.75, 3.05) is 0 Å². The van der Waals surface area contributed by atoms with Crippen LogP contribution in [0.5, 0.6) is 0 Å². The molecule has 3 atom stereocenters. The van der Waals surface area contributed by atoms with Gasteiger partial charge >= 0.3 is 0 Å². The van der Waals surface area contributed by atoms with Crippen LogP contribution in [0.4, 0.5) is 0 Å². The molecule has 1 aliphatic carbocycles. The van der Waals surface area contributed by atoms with Crippen LogP contribution in [-0.2, 0) is 4.74 Å². The minimum absolute atomic E-state index is 0.306. The van der Waals surface area contributed by atoms with E-state index in [1.54, 1.807) is 0 Å². The van der Waals surface area contributed by atoms with Crippen molar-refractivity contribution in [3.8, 4) is 12.0 Å². The van der Waals surface area contributed by atoms with Crippen molar-refractivity contribution < 1.29 is 4.74 Å². The van der Waals surface area contributed by atoms with Crippen LogP contribution in [0, 0.1) is 29.8 Å². The number of benzene rings is 1. The fourth-order valence-corrected chi connectivity index (χ4v) is 2.94. The maximum absolute atomic E-state index is 5.87. The molecule has 1 fully saturated rings. The lowest BCUT2D eigenvalue weighted by atomic mass is 9.75. The summed E-state index contributed by atoms with van der Waals surface area (Å²) in [6, 6.07) is 10.0. The first-order valence-corrected chi connectivity index (χ1v) is 7.38. The van der Waals surface area contributed by atoms with E-state index in [2.05, 4.69) is 32.8 Å². The van der Waals surface area contributed by atoms with Gasteiger partial charge in [-0.25, -0.2) is 0 Å². The Balaban J connectivity index is 1.98. The van der Waals surface area contributed by atoms with E-state index in [9.17, 15) is 0 Å². The Labute approximate surface area is 117 Å². The SMILES string of the molecule is CC1CCC(C(C)C)C(OC#Cc2ccccc2)C1. The van der Waals surface area contributed by atoms with E-state index in [1.165, 1.54) is 12.8 Å². The van der Waals surface area contributed by atoms with Crippen LogP contribution in [0.2, 0.25) is 0 Å². The Kier molecular flexibility index (Phi) is 4.91. The molecule has 0 spiro atoms. The summed E-state index contributed by atoms with van der Waals surface area (Å²) in [6.07, 6.45) is 6.98. The molecular weight excluding hydrogens is 232 g/mol. The summed E-state index contributed by atoms with van der Waals surface area (Å²) in [5.41, 5.74) is 1.02. The molecule has 19 heavy (non-hydrogen) atoms. The van der Waals surface area contributed by atoms with Crippen LogP contribution in [0.3, 0.4) is 0 Å². The first-order chi connectivity index (χ1) is 9.16. The molecule has 0 amide bonds. The van der Waals surface area contributed by atoms with Crippen molar-refractivity contribution in [2.24, 2.45) is 17.8 Å². The first kappa shape index (κ1) is 14.0. The maximum atomic E-state index is 5.87. The molecule has 102 valence electrons. The Morgan fingerprint density at radius 1 is 1.16 bits per heavy atom. The van der Waals surface area contributed by atoms with Crippen molar-refractivity contribution in [3.05, 3.63) is 35.9 Å². The van der Waals surface area contributed by atoms with Crippen LogP contribution >= 0.6 is 0 Å². The summed E-state index contributed by atoms with van der Waals surface area (Å²) >= 11 is 0. The summed E-state index contributed by atoms with van der Waals surface area (Å²) in [5, 5.41) is 0. The molecule has 0 heterocycles. The van der Waals surface area contributed by atoms with Gasteiger partial charge in [0.2, 0.25) is 0 Å². The lowest BCUT2D eigenvalue weighted by Crippen LogP contribution is -2.33. The Bertz CT molecular complexity index is 438. The molecule has 0 aromatic heterocycles. The van der Waals surface area contributed by atoms with Crippen molar-refractivity contribution in [1.29, 1.82) is 0 Å². The summed E-state index contributed by atoms with van der Waals surface area (Å²) in [5.74, 6) is 5.19. The Morgan fingerprint density at radius 2 is 1.89 bits per heavy atom. The molecule has 1 aromatic rings. The zero-order valence-corrected chi connectivity index (χ0v) is 12.2. The van der Waals surface area contributed by atoms with Crippen LogP contribution < -0.4 is 0 Å². The fourth-order valence-electron chi connectivity index (χ4n) is 2.94. The molecule has 1 aliphatic rings. The van der Waals surface area contributed by atoms with Gasteiger partial charge in [-0.2, -0.15) is 0 Å². The number of hydrogen-bond donors (Lipinski definition) is 0. The van der Waals surface area contributed by atoms with Crippen molar-refractivity contribution in [1.82, 2.24) is 0 Å². The Morgan fingerprint density at radius 3 is 2.58 bits per heavy atom. The molecule has 0 bridgehead atoms. The van der Waals surface area contributed by atoms with Gasteiger partial charge in [0.1, 0.15) is 12.2 Å². The summed E-state index contributed by atoms with van der Waals surface area (Å²) in [6.45, 7) is 6.90. The molecule has 1 heteroatoms. The van der Waals surface area contributed by atoms with Crippen molar-refractivity contribution >= 4 is 0 Å². The maximum Gasteiger partial charge on any atom is 0.115 e. The number of hydrogen-bond acceptors (Lipinski definition) is 1. The topological polar surface area (TPSA) is 9.23 Å². The van der Waals surface area contributed by atoms with E-state index in [4.69, 9.17) is 4.74 Å². The molecular formula is C18H24O. The van der Waals surface area contributed by atoms with Crippen molar-refractivity contribution in [2.45, 2.75) is 46.1 Å².